The minimum atomic E-state index is -3.91. The number of nitrogens with one attached hydrogen (secondary N) is 1. The Morgan fingerprint density at radius 2 is 1.77 bits per heavy atom. The molecule has 0 spiro atoms. The number of aliphatic hydroxyl groups is 1. The molecule has 0 amide bonds. The molecular formula is C35H58N8O12P2SSi2. The molecule has 0 aromatic carbocycles. The zero-order valence-corrected chi connectivity index (χ0v) is 39.8. The standard InChI is InChI=1S/C35H58N8O12P2SSi2/c1-21(2)59(48,22(3)4)55-60(23(5)6,24(7)8)54-32-25(17-44)15-28(43-34-31(41-42-43)35(45)40-20-39-34)33(32)53-57(58,49-13-9-11-36)50-18-26-14-27(16-29(26)52-56(46)47)51-30-10-12-37-19-38-30/h10,12,19-29,32-33,44,48,56H,9,13-18H2,1-8H3,(H,46,47)(H,39,40,45)/t25-,26-,27-,28-,29+,32-,33+,57-/m1/s1. The maximum Gasteiger partial charge on any atom is 0.335 e. The predicted molar refractivity (Wildman–Crippen MR) is 227 cm³/mol. The fourth-order valence-electron chi connectivity index (χ4n) is 8.08. The van der Waals surface area contributed by atoms with E-state index in [1.54, 1.807) is 6.07 Å². The molecular weight excluding hydrogens is 875 g/mol. The first kappa shape index (κ1) is 48.6. The molecule has 20 nitrogen and oxygen atoms in total. The Bertz CT molecular complexity index is 2030. The molecule has 0 aliphatic heterocycles. The molecule has 5 rings (SSSR count). The van der Waals surface area contributed by atoms with Gasteiger partial charge >= 0.3 is 32.1 Å². The molecule has 25 heteroatoms. The van der Waals surface area contributed by atoms with Gasteiger partial charge in [0.25, 0.3) is 5.56 Å². The number of hydrogen-bond donors (Lipinski definition) is 4. The van der Waals surface area contributed by atoms with Crippen LogP contribution in [0.25, 0.3) is 11.2 Å². The highest BCUT2D eigenvalue weighted by atomic mass is 32.5. The maximum atomic E-state index is 12.8. The third-order valence-electron chi connectivity index (χ3n) is 11.3. The van der Waals surface area contributed by atoms with Gasteiger partial charge in [0.2, 0.25) is 5.88 Å². The van der Waals surface area contributed by atoms with Crippen LogP contribution in [0.5, 0.6) is 5.88 Å². The summed E-state index contributed by atoms with van der Waals surface area (Å²) in [6, 6.07) is 2.84. The molecule has 3 aromatic heterocycles. The van der Waals surface area contributed by atoms with Gasteiger partial charge in [0.15, 0.2) is 11.2 Å². The third kappa shape index (κ3) is 11.0. The van der Waals surface area contributed by atoms with Crippen molar-refractivity contribution in [2.45, 2.75) is 134 Å². The summed E-state index contributed by atoms with van der Waals surface area (Å²) >= 11 is 6.13. The lowest BCUT2D eigenvalue weighted by atomic mass is 10.1. The SMILES string of the molecule is CC(C)[Si](O)(O[Si](O[C@@H]1[C@@H](CO)C[C@@H](n2nnc3c(=O)[nH]cnc32)[C@@H]1O[P@@](=S)(OCCC#N)OC[C@H]1C[C@@H](Oc2ccncn2)C[C@@H]1O[PH](=O)O)(C(C)C)C(C)C)C(C)C. The Morgan fingerprint density at radius 3 is 2.37 bits per heavy atom. The molecule has 2 aliphatic carbocycles. The van der Waals surface area contributed by atoms with Crippen LogP contribution in [0, 0.1) is 23.2 Å². The number of ether oxygens (including phenoxy) is 1. The fourth-order valence-corrected chi connectivity index (χ4v) is 20.8. The molecule has 2 saturated carbocycles. The lowest BCUT2D eigenvalue weighted by Crippen LogP contribution is -2.62. The van der Waals surface area contributed by atoms with E-state index in [4.69, 9.17) is 43.2 Å². The number of rotatable bonds is 22. The first-order valence-corrected chi connectivity index (χ1v) is 27.9. The van der Waals surface area contributed by atoms with Crippen molar-refractivity contribution in [3.63, 3.8) is 0 Å². The van der Waals surface area contributed by atoms with Crippen LogP contribution in [0.1, 0.15) is 87.1 Å². The largest absolute Gasteiger partial charge is 0.474 e. The molecule has 2 aliphatic rings. The zero-order valence-electron chi connectivity index (χ0n) is 35.1. The van der Waals surface area contributed by atoms with Crippen molar-refractivity contribution in [2.24, 2.45) is 11.8 Å². The van der Waals surface area contributed by atoms with Gasteiger partial charge in [-0.05, 0) is 46.8 Å². The van der Waals surface area contributed by atoms with Crippen molar-refractivity contribution in [1.29, 1.82) is 5.26 Å². The molecule has 4 N–H and O–H groups in total. The van der Waals surface area contributed by atoms with E-state index >= 15 is 0 Å². The summed E-state index contributed by atoms with van der Waals surface area (Å²) in [5.41, 5.74) is -1.11. The third-order valence-corrected chi connectivity index (χ3v) is 23.9. The van der Waals surface area contributed by atoms with E-state index in [2.05, 4.69) is 30.2 Å². The number of hydrogen-bond acceptors (Lipinski definition) is 18. The number of aromatic nitrogens is 7. The van der Waals surface area contributed by atoms with Gasteiger partial charge in [-0.1, -0.05) is 60.6 Å². The Hall–Kier alpha value is -2.40. The Labute approximate surface area is 357 Å². The quantitative estimate of drug-likeness (QED) is 0.0589. The lowest BCUT2D eigenvalue weighted by Gasteiger charge is -2.48. The number of aliphatic hydroxyl groups excluding tert-OH is 1. The number of H-pyrrole nitrogens is 1. The summed E-state index contributed by atoms with van der Waals surface area (Å²) in [6.07, 6.45) is 1.59. The zero-order chi connectivity index (χ0) is 44.0. The topological polar surface area (TPSA) is 268 Å². The first-order valence-electron chi connectivity index (χ1n) is 20.1. The fraction of sp³-hybridized carbons (Fsp3) is 0.743. The summed E-state index contributed by atoms with van der Waals surface area (Å²) in [4.78, 5) is 49.8. The van der Waals surface area contributed by atoms with E-state index in [0.717, 1.165) is 0 Å². The van der Waals surface area contributed by atoms with Crippen LogP contribution in [0.15, 0.2) is 29.7 Å². The summed E-state index contributed by atoms with van der Waals surface area (Å²) in [5, 5.41) is 29.0. The van der Waals surface area contributed by atoms with E-state index in [-0.39, 0.29) is 72.4 Å². The van der Waals surface area contributed by atoms with Crippen LogP contribution in [0.2, 0.25) is 22.2 Å². The minimum absolute atomic E-state index is 0.0161. The van der Waals surface area contributed by atoms with Crippen molar-refractivity contribution in [3.8, 4) is 11.9 Å². The van der Waals surface area contributed by atoms with Gasteiger partial charge in [-0.25, -0.2) is 19.6 Å². The van der Waals surface area contributed by atoms with Crippen LogP contribution in [-0.4, -0.2) is 111 Å². The number of aromatic amines is 1. The summed E-state index contributed by atoms with van der Waals surface area (Å²) in [5.74, 6) is -0.803. The molecule has 3 aromatic rings. The molecule has 1 unspecified atom stereocenters. The highest BCUT2D eigenvalue weighted by Gasteiger charge is 2.59. The molecule has 334 valence electrons. The van der Waals surface area contributed by atoms with Crippen molar-refractivity contribution >= 4 is 55.1 Å². The van der Waals surface area contributed by atoms with Crippen molar-refractivity contribution < 1.29 is 50.7 Å². The Kier molecular flexibility index (Phi) is 16.9. The van der Waals surface area contributed by atoms with Crippen LogP contribution in [0.3, 0.4) is 0 Å². The highest BCUT2D eigenvalue weighted by molar-refractivity contribution is 8.07. The van der Waals surface area contributed by atoms with Crippen LogP contribution >= 0.6 is 15.0 Å². The molecule has 0 saturated heterocycles. The second kappa shape index (κ2) is 20.9. The van der Waals surface area contributed by atoms with Crippen LogP contribution < -0.4 is 10.3 Å². The minimum Gasteiger partial charge on any atom is -0.474 e. The van der Waals surface area contributed by atoms with E-state index in [0.29, 0.717) is 12.3 Å². The van der Waals surface area contributed by atoms with Gasteiger partial charge in [-0.15, -0.1) is 5.10 Å². The van der Waals surface area contributed by atoms with E-state index < -0.39 is 79.9 Å². The second-order valence-corrected chi connectivity index (χ2v) is 28.8. The summed E-state index contributed by atoms with van der Waals surface area (Å²) < 4.78 is 58.9. The predicted octanol–water partition coefficient (Wildman–Crippen LogP) is 4.96. The molecule has 9 atom stereocenters. The molecule has 2 fully saturated rings. The maximum absolute atomic E-state index is 12.8. The molecule has 0 radical (unpaired) electrons. The normalized spacial score (nSPS) is 25.4. The molecule has 3 heterocycles. The smallest absolute Gasteiger partial charge is 0.335 e. The molecule has 0 bridgehead atoms. The average molecular weight is 933 g/mol. The monoisotopic (exact) mass is 932 g/mol. The Balaban J connectivity index is 1.56. The van der Waals surface area contributed by atoms with Crippen molar-refractivity contribution in [3.05, 3.63) is 35.3 Å². The van der Waals surface area contributed by atoms with Gasteiger partial charge in [-0.2, -0.15) is 5.26 Å². The number of nitriles is 1. The van der Waals surface area contributed by atoms with Crippen LogP contribution in [-0.2, 0) is 43.0 Å². The van der Waals surface area contributed by atoms with E-state index in [9.17, 15) is 29.4 Å². The van der Waals surface area contributed by atoms with Gasteiger partial charge in [-0.3, -0.25) is 9.36 Å². The van der Waals surface area contributed by atoms with Crippen LogP contribution in [0.4, 0.5) is 0 Å². The molecule has 60 heavy (non-hydrogen) atoms. The van der Waals surface area contributed by atoms with E-state index in [1.807, 2.05) is 61.5 Å². The van der Waals surface area contributed by atoms with Gasteiger partial charge in [0.05, 0.1) is 50.3 Å². The first-order chi connectivity index (χ1) is 28.4. The van der Waals surface area contributed by atoms with Gasteiger partial charge in [0.1, 0.15) is 18.5 Å². The summed E-state index contributed by atoms with van der Waals surface area (Å²) in [6.45, 7) is 11.2. The lowest BCUT2D eigenvalue weighted by molar-refractivity contribution is -0.0139. The summed E-state index contributed by atoms with van der Waals surface area (Å²) in [7, 11) is -10.3. The average Bonchev–Trinajstić information content (AvgIpc) is 3.88. The van der Waals surface area contributed by atoms with Gasteiger partial charge < -0.3 is 51.2 Å². The van der Waals surface area contributed by atoms with Crippen molar-refractivity contribution in [2.75, 3.05) is 19.8 Å². The van der Waals surface area contributed by atoms with E-state index in [1.165, 1.54) is 23.5 Å². The van der Waals surface area contributed by atoms with Crippen molar-refractivity contribution in [1.82, 2.24) is 34.9 Å². The highest BCUT2D eigenvalue weighted by Crippen LogP contribution is 2.57. The second-order valence-electron chi connectivity index (χ2n) is 16.5. The van der Waals surface area contributed by atoms with Gasteiger partial charge in [0, 0.05) is 37.1 Å². The Morgan fingerprint density at radius 1 is 1.05 bits per heavy atom. The number of nitrogens with zero attached hydrogens (tertiary/aromatic N) is 7. The number of fused-ring (bicyclic) bond motifs is 1.